The molecule has 154 valence electrons. The Morgan fingerprint density at radius 1 is 0.929 bits per heavy atom. The van der Waals surface area contributed by atoms with Crippen LogP contribution in [0.15, 0.2) is 36.5 Å². The van der Waals surface area contributed by atoms with Gasteiger partial charge in [-0.15, -0.1) is 0 Å². The normalized spacial score (nSPS) is 13.2. The number of ether oxygens (including phenoxy) is 1. The molecule has 28 heavy (non-hydrogen) atoms. The number of pyridine rings is 1. The molecule has 0 saturated carbocycles. The molecule has 2 heterocycles. The maximum atomic E-state index is 5.11. The lowest BCUT2D eigenvalue weighted by Crippen LogP contribution is -2.17. The molecule has 3 heteroatoms. The molecule has 1 aliphatic rings. The number of aromatic nitrogens is 1. The highest BCUT2D eigenvalue weighted by atomic mass is 16.5. The number of nitrogens with zero attached hydrogens (tertiary/aromatic N) is 2. The van der Waals surface area contributed by atoms with Crippen molar-refractivity contribution in [1.82, 2.24) is 4.98 Å². The maximum absolute atomic E-state index is 5.11. The SMILES string of the molecule is CCCCCCCC.COc1ccc(-c2ccc3c(c2)CCCCN3C)cn1. The van der Waals surface area contributed by atoms with Crippen molar-refractivity contribution in [3.63, 3.8) is 0 Å². The molecule has 0 amide bonds. The Kier molecular flexibility index (Phi) is 9.88. The van der Waals surface area contributed by atoms with E-state index in [4.69, 9.17) is 4.74 Å². The first-order valence-corrected chi connectivity index (χ1v) is 11.0. The lowest BCUT2D eigenvalue weighted by Gasteiger charge is -2.19. The van der Waals surface area contributed by atoms with Crippen LogP contribution in [0.25, 0.3) is 11.1 Å². The summed E-state index contributed by atoms with van der Waals surface area (Å²) in [6.07, 6.45) is 14.1. The number of hydrogen-bond donors (Lipinski definition) is 0. The number of methoxy groups -OCH3 is 1. The first-order chi connectivity index (χ1) is 13.7. The lowest BCUT2D eigenvalue weighted by molar-refractivity contribution is 0.398. The summed E-state index contributed by atoms with van der Waals surface area (Å²) in [5.41, 5.74) is 5.18. The van der Waals surface area contributed by atoms with Gasteiger partial charge in [-0.25, -0.2) is 4.98 Å². The van der Waals surface area contributed by atoms with Crippen LogP contribution in [-0.4, -0.2) is 25.7 Å². The smallest absolute Gasteiger partial charge is 0.212 e. The van der Waals surface area contributed by atoms with Gasteiger partial charge in [0.1, 0.15) is 0 Å². The van der Waals surface area contributed by atoms with Crippen molar-refractivity contribution in [3.05, 3.63) is 42.1 Å². The van der Waals surface area contributed by atoms with Crippen molar-refractivity contribution >= 4 is 5.69 Å². The van der Waals surface area contributed by atoms with Crippen LogP contribution < -0.4 is 9.64 Å². The second kappa shape index (κ2) is 12.4. The third-order valence-electron chi connectivity index (χ3n) is 5.42. The average molecular weight is 383 g/mol. The summed E-state index contributed by atoms with van der Waals surface area (Å²) in [7, 11) is 3.82. The Labute approximate surface area is 172 Å². The topological polar surface area (TPSA) is 25.4 Å². The Morgan fingerprint density at radius 3 is 2.25 bits per heavy atom. The fourth-order valence-corrected chi connectivity index (χ4v) is 3.65. The first-order valence-electron chi connectivity index (χ1n) is 11.0. The fraction of sp³-hybridized carbons (Fsp3) is 0.560. The van der Waals surface area contributed by atoms with Crippen LogP contribution in [0.2, 0.25) is 0 Å². The number of hydrogen-bond acceptors (Lipinski definition) is 3. The third kappa shape index (κ3) is 6.85. The van der Waals surface area contributed by atoms with Gasteiger partial charge < -0.3 is 9.64 Å². The highest BCUT2D eigenvalue weighted by Gasteiger charge is 2.13. The van der Waals surface area contributed by atoms with E-state index < -0.39 is 0 Å². The van der Waals surface area contributed by atoms with E-state index in [9.17, 15) is 0 Å². The summed E-state index contributed by atoms with van der Waals surface area (Å²) in [5.74, 6) is 0.656. The predicted molar refractivity (Wildman–Crippen MR) is 121 cm³/mol. The minimum atomic E-state index is 0.656. The van der Waals surface area contributed by atoms with E-state index in [2.05, 4.69) is 55.0 Å². The van der Waals surface area contributed by atoms with Crippen molar-refractivity contribution in [3.8, 4) is 17.0 Å². The van der Waals surface area contributed by atoms with Crippen LogP contribution in [0.5, 0.6) is 5.88 Å². The summed E-state index contributed by atoms with van der Waals surface area (Å²) in [6.45, 7) is 5.66. The van der Waals surface area contributed by atoms with Gasteiger partial charge in [0.05, 0.1) is 7.11 Å². The zero-order chi connectivity index (χ0) is 20.2. The Balaban J connectivity index is 0.000000300. The highest BCUT2D eigenvalue weighted by Crippen LogP contribution is 2.30. The standard InChI is InChI=1S/C17H20N2O.C8H18/c1-19-10-4-3-5-14-11-13(6-8-16(14)19)15-7-9-17(20-2)18-12-15;1-3-5-7-8-6-4-2/h6-9,11-12H,3-5,10H2,1-2H3;3-8H2,1-2H3. The van der Waals surface area contributed by atoms with E-state index in [0.29, 0.717) is 5.88 Å². The van der Waals surface area contributed by atoms with Crippen molar-refractivity contribution in [2.45, 2.75) is 71.6 Å². The minimum Gasteiger partial charge on any atom is -0.481 e. The van der Waals surface area contributed by atoms with Crippen molar-refractivity contribution in [2.24, 2.45) is 0 Å². The van der Waals surface area contributed by atoms with Gasteiger partial charge in [-0.05, 0) is 48.6 Å². The minimum absolute atomic E-state index is 0.656. The molecule has 1 aliphatic heterocycles. The zero-order valence-electron chi connectivity index (χ0n) is 18.3. The van der Waals surface area contributed by atoms with Gasteiger partial charge in [0.25, 0.3) is 0 Å². The second-order valence-electron chi connectivity index (χ2n) is 7.73. The lowest BCUT2D eigenvalue weighted by atomic mass is 10.0. The molecule has 0 aliphatic carbocycles. The Bertz CT molecular complexity index is 675. The van der Waals surface area contributed by atoms with E-state index in [-0.39, 0.29) is 0 Å². The summed E-state index contributed by atoms with van der Waals surface area (Å²) in [6, 6.07) is 10.7. The van der Waals surface area contributed by atoms with Crippen molar-refractivity contribution in [1.29, 1.82) is 0 Å². The van der Waals surface area contributed by atoms with Crippen LogP contribution in [0.1, 0.15) is 70.8 Å². The quantitative estimate of drug-likeness (QED) is 0.487. The van der Waals surface area contributed by atoms with E-state index in [1.165, 1.54) is 68.2 Å². The van der Waals surface area contributed by atoms with E-state index in [1.807, 2.05) is 12.3 Å². The summed E-state index contributed by atoms with van der Waals surface area (Å²) in [5, 5.41) is 0. The number of aryl methyl sites for hydroxylation is 1. The number of anilines is 1. The molecule has 0 bridgehead atoms. The molecule has 0 N–H and O–H groups in total. The summed E-state index contributed by atoms with van der Waals surface area (Å²) < 4.78 is 5.11. The van der Waals surface area contributed by atoms with Crippen LogP contribution in [0, 0.1) is 0 Å². The highest BCUT2D eigenvalue weighted by molar-refractivity contribution is 5.69. The zero-order valence-corrected chi connectivity index (χ0v) is 18.3. The van der Waals surface area contributed by atoms with Crippen LogP contribution in [0.3, 0.4) is 0 Å². The monoisotopic (exact) mass is 382 g/mol. The van der Waals surface area contributed by atoms with Crippen molar-refractivity contribution < 1.29 is 4.74 Å². The molecular weight excluding hydrogens is 344 g/mol. The van der Waals surface area contributed by atoms with E-state index in [0.717, 1.165) is 18.5 Å². The molecular formula is C25H38N2O. The number of fused-ring (bicyclic) bond motifs is 1. The largest absolute Gasteiger partial charge is 0.481 e. The average Bonchev–Trinajstić information content (AvgIpc) is 2.93. The predicted octanol–water partition coefficient (Wildman–Crippen LogP) is 6.90. The second-order valence-corrected chi connectivity index (χ2v) is 7.73. The van der Waals surface area contributed by atoms with Crippen molar-refractivity contribution in [2.75, 3.05) is 25.6 Å². The van der Waals surface area contributed by atoms with Gasteiger partial charge in [-0.1, -0.05) is 58.4 Å². The molecule has 0 spiro atoms. The molecule has 1 aromatic heterocycles. The Morgan fingerprint density at radius 2 is 1.64 bits per heavy atom. The van der Waals surface area contributed by atoms with E-state index in [1.54, 1.807) is 7.11 Å². The van der Waals surface area contributed by atoms with Gasteiger partial charge in [0, 0.05) is 37.1 Å². The van der Waals surface area contributed by atoms with Gasteiger partial charge in [0.2, 0.25) is 5.88 Å². The number of unbranched alkanes of at least 4 members (excludes halogenated alkanes) is 5. The molecule has 0 saturated heterocycles. The third-order valence-corrected chi connectivity index (χ3v) is 5.42. The van der Waals surface area contributed by atoms with Crippen LogP contribution in [-0.2, 0) is 6.42 Å². The summed E-state index contributed by atoms with van der Waals surface area (Å²) >= 11 is 0. The number of rotatable bonds is 7. The van der Waals surface area contributed by atoms with Gasteiger partial charge >= 0.3 is 0 Å². The molecule has 2 aromatic rings. The molecule has 3 rings (SSSR count). The van der Waals surface area contributed by atoms with Crippen LogP contribution >= 0.6 is 0 Å². The fourth-order valence-electron chi connectivity index (χ4n) is 3.65. The van der Waals surface area contributed by atoms with E-state index >= 15 is 0 Å². The molecule has 1 aromatic carbocycles. The number of benzene rings is 1. The Hall–Kier alpha value is -2.03. The molecule has 3 nitrogen and oxygen atoms in total. The van der Waals surface area contributed by atoms with Gasteiger partial charge in [-0.2, -0.15) is 0 Å². The maximum Gasteiger partial charge on any atom is 0.212 e. The summed E-state index contributed by atoms with van der Waals surface area (Å²) in [4.78, 5) is 6.65. The van der Waals surface area contributed by atoms with Gasteiger partial charge in [-0.3, -0.25) is 0 Å². The van der Waals surface area contributed by atoms with Gasteiger partial charge in [0.15, 0.2) is 0 Å². The van der Waals surface area contributed by atoms with Crippen LogP contribution in [0.4, 0.5) is 5.69 Å². The molecule has 0 atom stereocenters. The molecule has 0 unspecified atom stereocenters. The molecule has 0 fully saturated rings. The molecule has 0 radical (unpaired) electrons. The first kappa shape index (κ1) is 22.3.